The van der Waals surface area contributed by atoms with Crippen LogP contribution < -0.4 is 10.5 Å². The molecule has 2 fully saturated rings. The first kappa shape index (κ1) is 23.8. The van der Waals surface area contributed by atoms with Crippen LogP contribution in [0, 0.1) is 0 Å². The van der Waals surface area contributed by atoms with E-state index >= 15 is 0 Å². The van der Waals surface area contributed by atoms with Crippen LogP contribution in [0.25, 0.3) is 10.9 Å². The summed E-state index contributed by atoms with van der Waals surface area (Å²) < 4.78 is 7.72. The van der Waals surface area contributed by atoms with E-state index in [0.29, 0.717) is 17.9 Å². The minimum atomic E-state index is -0.354. The first-order valence-corrected chi connectivity index (χ1v) is 13.3. The van der Waals surface area contributed by atoms with Crippen LogP contribution in [0.5, 0.6) is 0 Å². The monoisotopic (exact) mass is 499 g/mol. The molecule has 2 aliphatic rings. The van der Waals surface area contributed by atoms with Gasteiger partial charge in [-0.2, -0.15) is 0 Å². The molecular formula is C28H33N7O2. The molecular weight excluding hydrogens is 466 g/mol. The van der Waals surface area contributed by atoms with E-state index in [0.717, 1.165) is 63.0 Å². The summed E-state index contributed by atoms with van der Waals surface area (Å²) in [6.07, 6.45) is 3.09. The molecule has 4 heterocycles. The molecule has 9 heteroatoms. The van der Waals surface area contributed by atoms with Crippen molar-refractivity contribution < 1.29 is 4.74 Å². The van der Waals surface area contributed by atoms with E-state index in [1.165, 1.54) is 11.3 Å². The van der Waals surface area contributed by atoms with Crippen LogP contribution in [0.4, 0.5) is 5.69 Å². The lowest BCUT2D eigenvalue weighted by Crippen LogP contribution is -2.49. The van der Waals surface area contributed by atoms with Crippen LogP contribution in [-0.2, 0) is 17.7 Å². The third kappa shape index (κ3) is 4.89. The number of aryl methyl sites for hydroxylation is 1. The number of rotatable bonds is 7. The predicted octanol–water partition coefficient (Wildman–Crippen LogP) is 3.17. The number of tetrazole rings is 1. The zero-order valence-corrected chi connectivity index (χ0v) is 21.2. The molecule has 0 bridgehead atoms. The van der Waals surface area contributed by atoms with E-state index in [-0.39, 0.29) is 17.7 Å². The molecule has 37 heavy (non-hydrogen) atoms. The van der Waals surface area contributed by atoms with Gasteiger partial charge in [-0.05, 0) is 71.0 Å². The molecule has 2 aliphatic heterocycles. The maximum atomic E-state index is 13.5. The molecule has 192 valence electrons. The molecule has 2 saturated heterocycles. The summed E-state index contributed by atoms with van der Waals surface area (Å²) in [5.41, 5.74) is 3.88. The SMILES string of the molecule is CCc1ccc2[nH]c(=O)c([C@@H](c3nnnn3C[C@@H]3CCCO3)N3CCN(c4ccccc4)CC3)cc2c1. The van der Waals surface area contributed by atoms with Crippen LogP contribution in [0.1, 0.15) is 42.8 Å². The quantitative estimate of drug-likeness (QED) is 0.418. The number of hydrogen-bond donors (Lipinski definition) is 1. The van der Waals surface area contributed by atoms with Crippen molar-refractivity contribution in [2.24, 2.45) is 0 Å². The number of H-pyrrole nitrogens is 1. The third-order valence-electron chi connectivity index (χ3n) is 7.65. The molecule has 9 nitrogen and oxygen atoms in total. The van der Waals surface area contributed by atoms with Crippen LogP contribution in [0.3, 0.4) is 0 Å². The number of aromatic nitrogens is 5. The van der Waals surface area contributed by atoms with Crippen molar-refractivity contribution in [1.29, 1.82) is 0 Å². The van der Waals surface area contributed by atoms with Gasteiger partial charge in [-0.1, -0.05) is 31.2 Å². The molecule has 0 saturated carbocycles. The smallest absolute Gasteiger partial charge is 0.253 e. The van der Waals surface area contributed by atoms with E-state index in [9.17, 15) is 4.79 Å². The number of nitrogens with zero attached hydrogens (tertiary/aromatic N) is 6. The van der Waals surface area contributed by atoms with Crippen LogP contribution >= 0.6 is 0 Å². The first-order chi connectivity index (χ1) is 18.2. The Morgan fingerprint density at radius 3 is 2.68 bits per heavy atom. The van der Waals surface area contributed by atoms with Gasteiger partial charge in [0.1, 0.15) is 6.04 Å². The average molecular weight is 500 g/mol. The number of nitrogens with one attached hydrogen (secondary N) is 1. The maximum absolute atomic E-state index is 13.5. The summed E-state index contributed by atoms with van der Waals surface area (Å²) in [7, 11) is 0. The highest BCUT2D eigenvalue weighted by Crippen LogP contribution is 2.29. The van der Waals surface area contributed by atoms with Gasteiger partial charge in [0.15, 0.2) is 5.82 Å². The largest absolute Gasteiger partial charge is 0.376 e. The van der Waals surface area contributed by atoms with Gasteiger partial charge in [-0.15, -0.1) is 5.10 Å². The number of benzene rings is 2. The van der Waals surface area contributed by atoms with Crippen molar-refractivity contribution >= 4 is 16.6 Å². The lowest BCUT2D eigenvalue weighted by atomic mass is 10.0. The van der Waals surface area contributed by atoms with Gasteiger partial charge in [0.05, 0.1) is 12.6 Å². The van der Waals surface area contributed by atoms with Crippen LogP contribution in [-0.4, -0.2) is 69.0 Å². The summed E-state index contributed by atoms with van der Waals surface area (Å²) in [5, 5.41) is 13.9. The summed E-state index contributed by atoms with van der Waals surface area (Å²) in [5.74, 6) is 0.695. The van der Waals surface area contributed by atoms with Crippen LogP contribution in [0.15, 0.2) is 59.4 Å². The highest BCUT2D eigenvalue weighted by atomic mass is 16.5. The number of para-hydroxylation sites is 1. The van der Waals surface area contributed by atoms with Gasteiger partial charge in [-0.3, -0.25) is 9.69 Å². The lowest BCUT2D eigenvalue weighted by Gasteiger charge is -2.39. The summed E-state index contributed by atoms with van der Waals surface area (Å²) in [4.78, 5) is 21.4. The fourth-order valence-corrected chi connectivity index (χ4v) is 5.59. The second-order valence-electron chi connectivity index (χ2n) is 9.94. The fraction of sp³-hybridized carbons (Fsp3) is 0.429. The van der Waals surface area contributed by atoms with Gasteiger partial charge in [0, 0.05) is 49.6 Å². The zero-order chi connectivity index (χ0) is 25.2. The number of ether oxygens (including phenoxy) is 1. The van der Waals surface area contributed by atoms with Crippen molar-refractivity contribution in [2.45, 2.75) is 44.9 Å². The average Bonchev–Trinajstić information content (AvgIpc) is 3.63. The molecule has 0 aliphatic carbocycles. The second kappa shape index (κ2) is 10.4. The van der Waals surface area contributed by atoms with Crippen molar-refractivity contribution in [1.82, 2.24) is 30.1 Å². The molecule has 6 rings (SSSR count). The number of pyridine rings is 1. The Bertz CT molecular complexity index is 1400. The van der Waals surface area contributed by atoms with E-state index in [1.54, 1.807) is 0 Å². The molecule has 4 aromatic rings. The Morgan fingerprint density at radius 1 is 1.08 bits per heavy atom. The predicted molar refractivity (Wildman–Crippen MR) is 143 cm³/mol. The van der Waals surface area contributed by atoms with Crippen molar-refractivity contribution in [2.75, 3.05) is 37.7 Å². The molecule has 0 unspecified atom stereocenters. The van der Waals surface area contributed by atoms with Crippen molar-refractivity contribution in [3.8, 4) is 0 Å². The van der Waals surface area contributed by atoms with Crippen molar-refractivity contribution in [3.05, 3.63) is 81.9 Å². The fourth-order valence-electron chi connectivity index (χ4n) is 5.59. The highest BCUT2D eigenvalue weighted by molar-refractivity contribution is 5.80. The number of hydrogen-bond acceptors (Lipinski definition) is 7. The molecule has 0 radical (unpaired) electrons. The van der Waals surface area contributed by atoms with E-state index in [1.807, 2.05) is 22.9 Å². The Labute approximate surface area is 216 Å². The molecule has 0 amide bonds. The van der Waals surface area contributed by atoms with E-state index in [2.05, 4.69) is 73.6 Å². The number of fused-ring (bicyclic) bond motifs is 1. The van der Waals surface area contributed by atoms with Gasteiger partial charge in [0.25, 0.3) is 5.56 Å². The standard InChI is InChI=1S/C28H33N7O2/c1-2-20-10-11-25-21(17-20)18-24(28(36)29-25)26(27-30-31-32-35(27)19-23-9-6-16-37-23)34-14-12-33(13-15-34)22-7-4-3-5-8-22/h3-5,7-8,10-11,17-18,23,26H,2,6,9,12-16,19H2,1H3,(H,29,36)/t23-,26-/m0/s1. The summed E-state index contributed by atoms with van der Waals surface area (Å²) in [6, 6.07) is 18.4. The molecule has 2 aromatic carbocycles. The summed E-state index contributed by atoms with van der Waals surface area (Å²) >= 11 is 0. The normalized spacial score (nSPS) is 19.5. The topological polar surface area (TPSA) is 92.2 Å². The maximum Gasteiger partial charge on any atom is 0.253 e. The Kier molecular flexibility index (Phi) is 6.72. The molecule has 0 spiro atoms. The van der Waals surface area contributed by atoms with E-state index in [4.69, 9.17) is 4.74 Å². The highest BCUT2D eigenvalue weighted by Gasteiger charge is 2.33. The first-order valence-electron chi connectivity index (χ1n) is 13.3. The van der Waals surface area contributed by atoms with Crippen molar-refractivity contribution in [3.63, 3.8) is 0 Å². The van der Waals surface area contributed by atoms with Gasteiger partial charge in [0.2, 0.25) is 0 Å². The second-order valence-corrected chi connectivity index (χ2v) is 9.94. The van der Waals surface area contributed by atoms with E-state index < -0.39 is 0 Å². The lowest BCUT2D eigenvalue weighted by molar-refractivity contribution is 0.0906. The van der Waals surface area contributed by atoms with Gasteiger partial charge < -0.3 is 14.6 Å². The Hall–Kier alpha value is -3.56. The van der Waals surface area contributed by atoms with Gasteiger partial charge >= 0.3 is 0 Å². The molecule has 1 N–H and O–H groups in total. The molecule has 2 aromatic heterocycles. The zero-order valence-electron chi connectivity index (χ0n) is 21.2. The number of aromatic amines is 1. The number of piperazine rings is 1. The Balaban J connectivity index is 1.38. The minimum Gasteiger partial charge on any atom is -0.376 e. The molecule has 2 atom stereocenters. The Morgan fingerprint density at radius 2 is 1.92 bits per heavy atom. The number of anilines is 1. The van der Waals surface area contributed by atoms with Gasteiger partial charge in [-0.25, -0.2) is 4.68 Å². The van der Waals surface area contributed by atoms with Crippen LogP contribution in [0.2, 0.25) is 0 Å². The minimum absolute atomic E-state index is 0.0971. The third-order valence-corrected chi connectivity index (χ3v) is 7.65. The summed E-state index contributed by atoms with van der Waals surface area (Å²) in [6.45, 7) is 6.81.